The predicted octanol–water partition coefficient (Wildman–Crippen LogP) is 1.03. The maximum absolute atomic E-state index is 11.6. The second kappa shape index (κ2) is 6.51. The number of hydrogen-bond acceptors (Lipinski definition) is 4. The topological polar surface area (TPSA) is 78.7 Å². The van der Waals surface area contributed by atoms with Crippen LogP contribution >= 0.6 is 0 Å². The first kappa shape index (κ1) is 12.1. The lowest BCUT2D eigenvalue weighted by molar-refractivity contribution is -0.123. The van der Waals surface area contributed by atoms with Crippen molar-refractivity contribution in [1.29, 1.82) is 5.26 Å². The number of nitrogens with zero attached hydrogens (tertiary/aromatic N) is 3. The van der Waals surface area contributed by atoms with Crippen LogP contribution in [0, 0.1) is 17.2 Å². The molecule has 0 fully saturated rings. The Balaban J connectivity index is 2.44. The van der Waals surface area contributed by atoms with Gasteiger partial charge < -0.3 is 5.32 Å². The van der Waals surface area contributed by atoms with Crippen LogP contribution in [0.2, 0.25) is 0 Å². The van der Waals surface area contributed by atoms with Crippen molar-refractivity contribution in [3.05, 3.63) is 24.0 Å². The second-order valence-electron chi connectivity index (χ2n) is 3.40. The van der Waals surface area contributed by atoms with Crippen molar-refractivity contribution in [2.75, 3.05) is 0 Å². The quantitative estimate of drug-likeness (QED) is 0.800. The predicted molar refractivity (Wildman–Crippen MR) is 57.9 cm³/mol. The van der Waals surface area contributed by atoms with Crippen LogP contribution in [0.1, 0.15) is 25.5 Å². The molecule has 16 heavy (non-hydrogen) atoms. The molecule has 1 unspecified atom stereocenters. The number of rotatable bonds is 5. The highest BCUT2D eigenvalue weighted by Gasteiger charge is 2.15. The minimum Gasteiger partial charge on any atom is -0.349 e. The van der Waals surface area contributed by atoms with Crippen LogP contribution in [0.25, 0.3) is 0 Å². The lowest BCUT2D eigenvalue weighted by atomic mass is 10.1. The van der Waals surface area contributed by atoms with Gasteiger partial charge in [-0.05, 0) is 18.6 Å². The fourth-order valence-electron chi connectivity index (χ4n) is 1.27. The summed E-state index contributed by atoms with van der Waals surface area (Å²) < 4.78 is 0. The van der Waals surface area contributed by atoms with Crippen molar-refractivity contribution in [2.24, 2.45) is 5.92 Å². The zero-order valence-corrected chi connectivity index (χ0v) is 9.18. The van der Waals surface area contributed by atoms with Crippen LogP contribution in [-0.2, 0) is 11.3 Å². The van der Waals surface area contributed by atoms with Gasteiger partial charge in [-0.3, -0.25) is 4.79 Å². The molecule has 0 spiro atoms. The molecule has 0 aliphatic carbocycles. The molecule has 0 aliphatic heterocycles. The van der Waals surface area contributed by atoms with Crippen molar-refractivity contribution < 1.29 is 4.79 Å². The molecule has 1 rings (SSSR count). The second-order valence-corrected chi connectivity index (χ2v) is 3.40. The van der Waals surface area contributed by atoms with Gasteiger partial charge in [-0.2, -0.15) is 15.5 Å². The molecule has 0 saturated heterocycles. The molecule has 0 saturated carbocycles. The Morgan fingerprint density at radius 3 is 3.06 bits per heavy atom. The zero-order valence-electron chi connectivity index (χ0n) is 9.18. The van der Waals surface area contributed by atoms with E-state index in [-0.39, 0.29) is 5.91 Å². The Morgan fingerprint density at radius 1 is 1.69 bits per heavy atom. The molecule has 84 valence electrons. The van der Waals surface area contributed by atoms with E-state index >= 15 is 0 Å². The molecule has 1 heterocycles. The standard InChI is InChI=1S/C11H14N4O/c1-2-4-9(7-12)11(16)13-8-10-5-3-6-14-15-10/h3,5-6,9H,2,4,8H2,1H3,(H,13,16). The number of aromatic nitrogens is 2. The third-order valence-corrected chi connectivity index (χ3v) is 2.12. The first-order valence-electron chi connectivity index (χ1n) is 5.21. The average molecular weight is 218 g/mol. The number of nitriles is 1. The van der Waals surface area contributed by atoms with Gasteiger partial charge >= 0.3 is 0 Å². The molecule has 0 bridgehead atoms. The Morgan fingerprint density at radius 2 is 2.50 bits per heavy atom. The van der Waals surface area contributed by atoms with Crippen LogP contribution in [0.5, 0.6) is 0 Å². The van der Waals surface area contributed by atoms with E-state index in [0.29, 0.717) is 18.7 Å². The Labute approximate surface area is 94.5 Å². The van der Waals surface area contributed by atoms with Crippen LogP contribution in [0.15, 0.2) is 18.3 Å². The molecule has 5 heteroatoms. The van der Waals surface area contributed by atoms with Crippen molar-refractivity contribution in [3.63, 3.8) is 0 Å². The Bertz CT molecular complexity index is 371. The van der Waals surface area contributed by atoms with Crippen LogP contribution in [0.3, 0.4) is 0 Å². The highest BCUT2D eigenvalue weighted by Crippen LogP contribution is 2.05. The van der Waals surface area contributed by atoms with Gasteiger partial charge in [0.15, 0.2) is 0 Å². The van der Waals surface area contributed by atoms with Crippen molar-refractivity contribution >= 4 is 5.91 Å². The van der Waals surface area contributed by atoms with Gasteiger partial charge in [0.1, 0.15) is 5.92 Å². The highest BCUT2D eigenvalue weighted by molar-refractivity contribution is 5.80. The van der Waals surface area contributed by atoms with Gasteiger partial charge in [0.25, 0.3) is 0 Å². The monoisotopic (exact) mass is 218 g/mol. The largest absolute Gasteiger partial charge is 0.349 e. The molecule has 5 nitrogen and oxygen atoms in total. The van der Waals surface area contributed by atoms with Gasteiger partial charge in [0, 0.05) is 6.20 Å². The molecule has 0 aliphatic rings. The van der Waals surface area contributed by atoms with E-state index in [2.05, 4.69) is 15.5 Å². The maximum atomic E-state index is 11.6. The summed E-state index contributed by atoms with van der Waals surface area (Å²) in [6.07, 6.45) is 2.97. The average Bonchev–Trinajstić information content (AvgIpc) is 2.34. The Kier molecular flexibility index (Phi) is 4.93. The molecule has 0 radical (unpaired) electrons. The van der Waals surface area contributed by atoms with Crippen LogP contribution in [0.4, 0.5) is 0 Å². The van der Waals surface area contributed by atoms with E-state index in [9.17, 15) is 4.79 Å². The molecule has 0 aromatic carbocycles. The van der Waals surface area contributed by atoms with Crippen LogP contribution < -0.4 is 5.32 Å². The third-order valence-electron chi connectivity index (χ3n) is 2.12. The van der Waals surface area contributed by atoms with Gasteiger partial charge in [-0.1, -0.05) is 13.3 Å². The molecule has 1 aromatic rings. The summed E-state index contributed by atoms with van der Waals surface area (Å²) >= 11 is 0. The highest BCUT2D eigenvalue weighted by atomic mass is 16.1. The van der Waals surface area contributed by atoms with Gasteiger partial charge in [-0.25, -0.2) is 0 Å². The van der Waals surface area contributed by atoms with E-state index in [1.807, 2.05) is 13.0 Å². The van der Waals surface area contributed by atoms with E-state index in [0.717, 1.165) is 6.42 Å². The number of hydrogen-bond donors (Lipinski definition) is 1. The summed E-state index contributed by atoms with van der Waals surface area (Å²) in [5.41, 5.74) is 0.684. The van der Waals surface area contributed by atoms with Gasteiger partial charge in [-0.15, -0.1) is 0 Å². The molecule has 1 atom stereocenters. The fourth-order valence-corrected chi connectivity index (χ4v) is 1.27. The van der Waals surface area contributed by atoms with Gasteiger partial charge in [0.2, 0.25) is 5.91 Å². The van der Waals surface area contributed by atoms with Gasteiger partial charge in [0.05, 0.1) is 18.3 Å². The molecule has 1 N–H and O–H groups in total. The SMILES string of the molecule is CCCC(C#N)C(=O)NCc1cccnn1. The normalized spacial score (nSPS) is 11.5. The van der Waals surface area contributed by atoms with E-state index in [4.69, 9.17) is 5.26 Å². The minimum absolute atomic E-state index is 0.241. The number of carbonyl (C=O) groups excluding carboxylic acids is 1. The molecule has 1 aromatic heterocycles. The molecular formula is C11H14N4O. The maximum Gasteiger partial charge on any atom is 0.237 e. The van der Waals surface area contributed by atoms with Crippen molar-refractivity contribution in [1.82, 2.24) is 15.5 Å². The number of carbonyl (C=O) groups is 1. The summed E-state index contributed by atoms with van der Waals surface area (Å²) in [5.74, 6) is -0.809. The lowest BCUT2D eigenvalue weighted by Gasteiger charge is -2.08. The lowest BCUT2D eigenvalue weighted by Crippen LogP contribution is -2.29. The summed E-state index contributed by atoms with van der Waals surface area (Å²) in [5, 5.41) is 19.0. The smallest absolute Gasteiger partial charge is 0.237 e. The van der Waals surface area contributed by atoms with Crippen LogP contribution in [-0.4, -0.2) is 16.1 Å². The van der Waals surface area contributed by atoms with Crippen molar-refractivity contribution in [3.8, 4) is 6.07 Å². The van der Waals surface area contributed by atoms with E-state index in [1.54, 1.807) is 18.3 Å². The molecule has 1 amide bonds. The number of nitrogens with one attached hydrogen (secondary N) is 1. The number of amides is 1. The summed E-state index contributed by atoms with van der Waals surface area (Å²) in [6, 6.07) is 5.52. The summed E-state index contributed by atoms with van der Waals surface area (Å²) in [7, 11) is 0. The van der Waals surface area contributed by atoms with Crippen molar-refractivity contribution in [2.45, 2.75) is 26.3 Å². The fraction of sp³-hybridized carbons (Fsp3) is 0.455. The first-order valence-corrected chi connectivity index (χ1v) is 5.21. The van der Waals surface area contributed by atoms with E-state index < -0.39 is 5.92 Å². The third kappa shape index (κ3) is 3.65. The first-order chi connectivity index (χ1) is 7.77. The molecular weight excluding hydrogens is 204 g/mol. The minimum atomic E-state index is -0.568. The Hall–Kier alpha value is -1.96. The summed E-state index contributed by atoms with van der Waals surface area (Å²) in [6.45, 7) is 2.26. The van der Waals surface area contributed by atoms with E-state index in [1.165, 1.54) is 0 Å². The summed E-state index contributed by atoms with van der Waals surface area (Å²) in [4.78, 5) is 11.6. The zero-order chi connectivity index (χ0) is 11.8.